The van der Waals surface area contributed by atoms with E-state index in [0.29, 0.717) is 24.8 Å². The molecule has 1 amide bonds. The summed E-state index contributed by atoms with van der Waals surface area (Å²) < 4.78 is 0. The second-order valence-corrected chi connectivity index (χ2v) is 4.73. The molecule has 0 atom stereocenters. The van der Waals surface area contributed by atoms with Gasteiger partial charge in [-0.25, -0.2) is 4.98 Å². The van der Waals surface area contributed by atoms with Crippen LogP contribution in [-0.2, 0) is 6.54 Å². The monoisotopic (exact) mass is 241 g/mol. The first-order chi connectivity index (χ1) is 7.76. The van der Waals surface area contributed by atoms with E-state index in [-0.39, 0.29) is 12.5 Å². The Morgan fingerprint density at radius 1 is 1.69 bits per heavy atom. The van der Waals surface area contributed by atoms with E-state index < -0.39 is 0 Å². The number of aliphatic hydroxyl groups excluding tert-OH is 1. The number of aromatic nitrogens is 1. The second-order valence-electron chi connectivity index (χ2n) is 3.78. The first-order valence-electron chi connectivity index (χ1n) is 5.32. The fraction of sp³-hybridized carbons (Fsp3) is 0.600. The van der Waals surface area contributed by atoms with Gasteiger partial charge in [-0.2, -0.15) is 0 Å². The summed E-state index contributed by atoms with van der Waals surface area (Å²) in [4.78, 5) is 17.9. The van der Waals surface area contributed by atoms with Crippen LogP contribution in [-0.4, -0.2) is 40.1 Å². The fourth-order valence-electron chi connectivity index (χ4n) is 1.59. The van der Waals surface area contributed by atoms with Crippen LogP contribution in [0.25, 0.3) is 0 Å². The molecule has 0 unspecified atom stereocenters. The first kappa shape index (κ1) is 11.5. The van der Waals surface area contributed by atoms with E-state index in [2.05, 4.69) is 4.98 Å². The minimum Gasteiger partial charge on any atom is -0.395 e. The molecule has 2 rings (SSSR count). The van der Waals surface area contributed by atoms with Crippen molar-refractivity contribution in [3.8, 4) is 0 Å². The lowest BCUT2D eigenvalue weighted by molar-refractivity contribution is 0.0702. The van der Waals surface area contributed by atoms with Gasteiger partial charge in [-0.15, -0.1) is 11.3 Å². The average Bonchev–Trinajstić information content (AvgIpc) is 3.02. The molecule has 1 heterocycles. The van der Waals surface area contributed by atoms with Crippen molar-refractivity contribution >= 4 is 17.2 Å². The number of hydrogen-bond acceptors (Lipinski definition) is 5. The molecule has 3 N–H and O–H groups in total. The molecule has 0 saturated heterocycles. The number of nitrogens with two attached hydrogens (primary N) is 1. The molecule has 5 nitrogen and oxygen atoms in total. The van der Waals surface area contributed by atoms with Crippen LogP contribution in [0.4, 0.5) is 0 Å². The molecule has 1 fully saturated rings. The summed E-state index contributed by atoms with van der Waals surface area (Å²) >= 11 is 1.40. The SMILES string of the molecule is NCc1nc(C(=O)N(CCO)C2CC2)cs1. The number of rotatable bonds is 5. The van der Waals surface area contributed by atoms with Crippen molar-refractivity contribution in [2.45, 2.75) is 25.4 Å². The molecule has 1 aliphatic carbocycles. The van der Waals surface area contributed by atoms with Gasteiger partial charge in [-0.1, -0.05) is 0 Å². The minimum atomic E-state index is -0.0903. The van der Waals surface area contributed by atoms with Gasteiger partial charge in [0.25, 0.3) is 5.91 Å². The topological polar surface area (TPSA) is 79.5 Å². The summed E-state index contributed by atoms with van der Waals surface area (Å²) in [7, 11) is 0. The zero-order chi connectivity index (χ0) is 11.5. The lowest BCUT2D eigenvalue weighted by Gasteiger charge is -2.19. The number of amides is 1. The highest BCUT2D eigenvalue weighted by molar-refractivity contribution is 7.09. The maximum Gasteiger partial charge on any atom is 0.273 e. The summed E-state index contributed by atoms with van der Waals surface area (Å²) in [5, 5.41) is 11.4. The Morgan fingerprint density at radius 2 is 2.44 bits per heavy atom. The van der Waals surface area contributed by atoms with Crippen LogP contribution in [0, 0.1) is 0 Å². The van der Waals surface area contributed by atoms with E-state index in [4.69, 9.17) is 10.8 Å². The molecular weight excluding hydrogens is 226 g/mol. The molecule has 88 valence electrons. The third-order valence-corrected chi connectivity index (χ3v) is 3.41. The van der Waals surface area contributed by atoms with Gasteiger partial charge in [0.15, 0.2) is 0 Å². The van der Waals surface area contributed by atoms with Gasteiger partial charge in [0, 0.05) is 24.5 Å². The molecule has 0 radical (unpaired) electrons. The van der Waals surface area contributed by atoms with Gasteiger partial charge >= 0.3 is 0 Å². The molecule has 16 heavy (non-hydrogen) atoms. The molecule has 0 aromatic carbocycles. The maximum atomic E-state index is 12.1. The van der Waals surface area contributed by atoms with Crippen molar-refractivity contribution in [2.75, 3.05) is 13.2 Å². The van der Waals surface area contributed by atoms with Crippen molar-refractivity contribution in [1.82, 2.24) is 9.88 Å². The molecule has 0 bridgehead atoms. The molecule has 1 aromatic rings. The Bertz CT molecular complexity index is 376. The fourth-order valence-corrected chi connectivity index (χ4v) is 2.24. The highest BCUT2D eigenvalue weighted by atomic mass is 32.1. The predicted octanol–water partition coefficient (Wildman–Crippen LogP) is 0.199. The molecule has 0 spiro atoms. The largest absolute Gasteiger partial charge is 0.395 e. The van der Waals surface area contributed by atoms with E-state index in [1.165, 1.54) is 11.3 Å². The van der Waals surface area contributed by atoms with Gasteiger partial charge in [-0.3, -0.25) is 4.79 Å². The van der Waals surface area contributed by atoms with E-state index >= 15 is 0 Å². The van der Waals surface area contributed by atoms with Crippen molar-refractivity contribution < 1.29 is 9.90 Å². The third-order valence-electron chi connectivity index (χ3n) is 2.53. The molecule has 1 aliphatic rings. The van der Waals surface area contributed by atoms with Crippen molar-refractivity contribution in [3.05, 3.63) is 16.1 Å². The van der Waals surface area contributed by atoms with E-state index in [1.54, 1.807) is 10.3 Å². The summed E-state index contributed by atoms with van der Waals surface area (Å²) in [5.74, 6) is -0.0903. The van der Waals surface area contributed by atoms with Gasteiger partial charge < -0.3 is 15.7 Å². The highest BCUT2D eigenvalue weighted by Crippen LogP contribution is 2.28. The zero-order valence-electron chi connectivity index (χ0n) is 8.93. The average molecular weight is 241 g/mol. The first-order valence-corrected chi connectivity index (χ1v) is 6.20. The number of aliphatic hydroxyl groups is 1. The van der Waals surface area contributed by atoms with E-state index in [1.807, 2.05) is 0 Å². The van der Waals surface area contributed by atoms with Gasteiger partial charge in [0.2, 0.25) is 0 Å². The summed E-state index contributed by atoms with van der Waals surface area (Å²) in [5.41, 5.74) is 5.90. The molecule has 1 saturated carbocycles. The van der Waals surface area contributed by atoms with Crippen LogP contribution in [0.15, 0.2) is 5.38 Å². The highest BCUT2D eigenvalue weighted by Gasteiger charge is 2.33. The van der Waals surface area contributed by atoms with Gasteiger partial charge in [0.05, 0.1) is 6.61 Å². The Balaban J connectivity index is 2.09. The van der Waals surface area contributed by atoms with Crippen LogP contribution < -0.4 is 5.73 Å². The van der Waals surface area contributed by atoms with Crippen molar-refractivity contribution in [1.29, 1.82) is 0 Å². The smallest absolute Gasteiger partial charge is 0.273 e. The quantitative estimate of drug-likeness (QED) is 0.771. The van der Waals surface area contributed by atoms with Gasteiger partial charge in [-0.05, 0) is 12.8 Å². The molecule has 1 aromatic heterocycles. The predicted molar refractivity (Wildman–Crippen MR) is 61.1 cm³/mol. The Kier molecular flexibility index (Phi) is 3.52. The van der Waals surface area contributed by atoms with Crippen LogP contribution in [0.5, 0.6) is 0 Å². The number of nitrogens with zero attached hydrogens (tertiary/aromatic N) is 2. The summed E-state index contributed by atoms with van der Waals surface area (Å²) in [6, 6.07) is 0.294. The Labute approximate surface area is 97.9 Å². The lowest BCUT2D eigenvalue weighted by Crippen LogP contribution is -2.35. The minimum absolute atomic E-state index is 0.00385. The Morgan fingerprint density at radius 3 is 2.94 bits per heavy atom. The van der Waals surface area contributed by atoms with Crippen molar-refractivity contribution in [2.24, 2.45) is 5.73 Å². The zero-order valence-corrected chi connectivity index (χ0v) is 9.74. The summed E-state index contributed by atoms with van der Waals surface area (Å²) in [6.45, 7) is 0.747. The number of hydrogen-bond donors (Lipinski definition) is 2. The maximum absolute atomic E-state index is 12.1. The summed E-state index contributed by atoms with van der Waals surface area (Å²) in [6.07, 6.45) is 2.05. The number of thiazole rings is 1. The van der Waals surface area contributed by atoms with Crippen LogP contribution in [0.1, 0.15) is 28.3 Å². The molecular formula is C10H15N3O2S. The molecule has 0 aliphatic heterocycles. The third kappa shape index (κ3) is 2.40. The van der Waals surface area contributed by atoms with Crippen LogP contribution in [0.2, 0.25) is 0 Å². The van der Waals surface area contributed by atoms with Crippen molar-refractivity contribution in [3.63, 3.8) is 0 Å². The van der Waals surface area contributed by atoms with E-state index in [9.17, 15) is 4.79 Å². The lowest BCUT2D eigenvalue weighted by atomic mass is 10.3. The Hall–Kier alpha value is -0.980. The van der Waals surface area contributed by atoms with Crippen LogP contribution in [0.3, 0.4) is 0 Å². The second kappa shape index (κ2) is 4.90. The number of carbonyl (C=O) groups excluding carboxylic acids is 1. The normalized spacial score (nSPS) is 15.1. The van der Waals surface area contributed by atoms with Crippen LogP contribution >= 0.6 is 11.3 Å². The van der Waals surface area contributed by atoms with E-state index in [0.717, 1.165) is 17.8 Å². The van der Waals surface area contributed by atoms with Gasteiger partial charge in [0.1, 0.15) is 10.7 Å². The molecule has 6 heteroatoms. The standard InChI is InChI=1S/C10H15N3O2S/c11-5-9-12-8(6-16-9)10(15)13(3-4-14)7-1-2-7/h6-7,14H,1-5,11H2. The number of carbonyl (C=O) groups is 1.